The summed E-state index contributed by atoms with van der Waals surface area (Å²) < 4.78 is 12.1. The van der Waals surface area contributed by atoms with Gasteiger partial charge in [-0.25, -0.2) is 4.98 Å². The van der Waals surface area contributed by atoms with Gasteiger partial charge in [0, 0.05) is 46.3 Å². The lowest BCUT2D eigenvalue weighted by Crippen LogP contribution is -2.33. The van der Waals surface area contributed by atoms with Crippen LogP contribution in [0.25, 0.3) is 0 Å². The second-order valence-corrected chi connectivity index (χ2v) is 9.57. The van der Waals surface area contributed by atoms with Gasteiger partial charge < -0.3 is 10.2 Å². The number of para-hydroxylation sites is 1. The molecule has 28 heavy (non-hydrogen) atoms. The van der Waals surface area contributed by atoms with Gasteiger partial charge in [-0.3, -0.25) is 9.00 Å². The summed E-state index contributed by atoms with van der Waals surface area (Å²) in [6, 6.07) is 12.1. The van der Waals surface area contributed by atoms with Crippen LogP contribution in [0.4, 0.5) is 11.5 Å². The largest absolute Gasteiger partial charge is 0.367 e. The van der Waals surface area contributed by atoms with Crippen LogP contribution in [0.5, 0.6) is 0 Å². The summed E-state index contributed by atoms with van der Waals surface area (Å²) >= 11 is 0. The summed E-state index contributed by atoms with van der Waals surface area (Å²) in [5.41, 5.74) is 2.83. The van der Waals surface area contributed by atoms with Crippen molar-refractivity contribution in [3.63, 3.8) is 0 Å². The first-order valence-electron chi connectivity index (χ1n) is 10.1. The molecular formula is C22H27N3O2S. The van der Waals surface area contributed by atoms with E-state index in [1.54, 1.807) is 6.20 Å². The Hall–Kier alpha value is -2.21. The third-order valence-electron chi connectivity index (χ3n) is 5.78. The molecule has 2 heterocycles. The highest BCUT2D eigenvalue weighted by Crippen LogP contribution is 2.29. The van der Waals surface area contributed by atoms with Gasteiger partial charge in [0.1, 0.15) is 5.82 Å². The minimum absolute atomic E-state index is 0.0000675. The molecule has 2 aliphatic rings. The molecule has 1 fully saturated rings. The van der Waals surface area contributed by atoms with Gasteiger partial charge in [0.15, 0.2) is 0 Å². The molecule has 1 aliphatic carbocycles. The smallest absolute Gasteiger partial charge is 0.259 e. The standard InChI is InChI=1S/C22H27N3O2S/c1-2-28(27)19-8-5-7-18(14-19)24-21-11-10-17(15-23-21)22(26)25-13-12-16-6-3-4-9-20(16)25/h3-4,6,9-11,15,18-19H,2,5,7-8,12-14H2,1H3,(H,23,24). The van der Waals surface area contributed by atoms with Crippen molar-refractivity contribution in [2.75, 3.05) is 22.5 Å². The van der Waals surface area contributed by atoms with Crippen molar-refractivity contribution in [3.8, 4) is 0 Å². The average Bonchev–Trinajstić information content (AvgIpc) is 3.17. The van der Waals surface area contributed by atoms with E-state index in [9.17, 15) is 9.00 Å². The number of amides is 1. The Morgan fingerprint density at radius 2 is 2.11 bits per heavy atom. The number of hydrogen-bond donors (Lipinski definition) is 1. The molecule has 1 N–H and O–H groups in total. The van der Waals surface area contributed by atoms with E-state index in [1.807, 2.05) is 42.2 Å². The zero-order chi connectivity index (χ0) is 19.5. The van der Waals surface area contributed by atoms with Crippen molar-refractivity contribution in [1.29, 1.82) is 0 Å². The van der Waals surface area contributed by atoms with Gasteiger partial charge in [0.25, 0.3) is 5.91 Å². The fraction of sp³-hybridized carbons (Fsp3) is 0.455. The third-order valence-corrected chi connectivity index (χ3v) is 7.52. The highest BCUT2D eigenvalue weighted by Gasteiger charge is 2.27. The lowest BCUT2D eigenvalue weighted by atomic mass is 9.95. The first kappa shape index (κ1) is 19.1. The van der Waals surface area contributed by atoms with Crippen molar-refractivity contribution >= 4 is 28.2 Å². The predicted molar refractivity (Wildman–Crippen MR) is 114 cm³/mol. The van der Waals surface area contributed by atoms with Crippen LogP contribution in [0.1, 0.15) is 48.5 Å². The topological polar surface area (TPSA) is 62.3 Å². The number of benzene rings is 1. The van der Waals surface area contributed by atoms with Crippen LogP contribution in [-0.4, -0.2) is 38.7 Å². The van der Waals surface area contributed by atoms with Gasteiger partial charge in [-0.15, -0.1) is 0 Å². The van der Waals surface area contributed by atoms with E-state index >= 15 is 0 Å². The summed E-state index contributed by atoms with van der Waals surface area (Å²) in [7, 11) is -0.732. The Kier molecular flexibility index (Phi) is 5.76. The molecule has 1 amide bonds. The molecule has 0 radical (unpaired) electrons. The molecule has 0 bridgehead atoms. The normalized spacial score (nSPS) is 22.5. The summed E-state index contributed by atoms with van der Waals surface area (Å²) in [6.07, 6.45) is 6.71. The molecule has 0 spiro atoms. The van der Waals surface area contributed by atoms with Crippen molar-refractivity contribution in [2.24, 2.45) is 0 Å². The molecule has 5 nitrogen and oxygen atoms in total. The minimum Gasteiger partial charge on any atom is -0.367 e. The van der Waals surface area contributed by atoms with Gasteiger partial charge >= 0.3 is 0 Å². The van der Waals surface area contributed by atoms with Crippen LogP contribution in [0.15, 0.2) is 42.6 Å². The van der Waals surface area contributed by atoms with Crippen molar-refractivity contribution in [3.05, 3.63) is 53.7 Å². The number of rotatable bonds is 5. The first-order valence-corrected chi connectivity index (χ1v) is 11.5. The quantitative estimate of drug-likeness (QED) is 0.834. The fourth-order valence-corrected chi connectivity index (χ4v) is 5.62. The molecular weight excluding hydrogens is 370 g/mol. The van der Waals surface area contributed by atoms with Gasteiger partial charge in [-0.1, -0.05) is 31.5 Å². The van der Waals surface area contributed by atoms with E-state index in [0.717, 1.165) is 55.9 Å². The lowest BCUT2D eigenvalue weighted by molar-refractivity contribution is 0.0989. The molecule has 1 aromatic heterocycles. The first-order chi connectivity index (χ1) is 13.7. The van der Waals surface area contributed by atoms with Crippen LogP contribution in [0.2, 0.25) is 0 Å². The highest BCUT2D eigenvalue weighted by atomic mass is 32.2. The zero-order valence-electron chi connectivity index (χ0n) is 16.3. The maximum Gasteiger partial charge on any atom is 0.259 e. The zero-order valence-corrected chi connectivity index (χ0v) is 17.1. The Morgan fingerprint density at radius 3 is 2.89 bits per heavy atom. The molecule has 3 unspecified atom stereocenters. The number of fused-ring (bicyclic) bond motifs is 1. The molecule has 4 rings (SSSR count). The molecule has 2 aromatic rings. The van der Waals surface area contributed by atoms with Crippen LogP contribution in [0.3, 0.4) is 0 Å². The number of pyridine rings is 1. The molecule has 148 valence electrons. The second kappa shape index (κ2) is 8.43. The summed E-state index contributed by atoms with van der Waals surface area (Å²) in [4.78, 5) is 19.2. The molecule has 1 aromatic carbocycles. The molecule has 6 heteroatoms. The summed E-state index contributed by atoms with van der Waals surface area (Å²) in [5.74, 6) is 1.51. The van der Waals surface area contributed by atoms with E-state index in [2.05, 4.69) is 16.4 Å². The second-order valence-electron chi connectivity index (χ2n) is 7.57. The van der Waals surface area contributed by atoms with Gasteiger partial charge in [0.2, 0.25) is 0 Å². The minimum atomic E-state index is -0.732. The fourth-order valence-electron chi connectivity index (χ4n) is 4.27. The lowest BCUT2D eigenvalue weighted by Gasteiger charge is -2.29. The Labute approximate surface area is 169 Å². The SMILES string of the molecule is CCS(=O)C1CCCC(Nc2ccc(C(=O)N3CCc4ccccc43)cn2)C1. The molecule has 0 saturated heterocycles. The number of nitrogens with one attached hydrogen (secondary N) is 1. The number of nitrogens with zero attached hydrogens (tertiary/aromatic N) is 2. The Morgan fingerprint density at radius 1 is 1.25 bits per heavy atom. The van der Waals surface area contributed by atoms with E-state index in [4.69, 9.17) is 0 Å². The number of hydrogen-bond acceptors (Lipinski definition) is 4. The monoisotopic (exact) mass is 397 g/mol. The van der Waals surface area contributed by atoms with Gasteiger partial charge in [0.05, 0.1) is 5.56 Å². The molecule has 1 saturated carbocycles. The van der Waals surface area contributed by atoms with E-state index in [0.29, 0.717) is 11.6 Å². The van der Waals surface area contributed by atoms with Crippen LogP contribution in [0, 0.1) is 0 Å². The van der Waals surface area contributed by atoms with Crippen LogP contribution >= 0.6 is 0 Å². The van der Waals surface area contributed by atoms with E-state index < -0.39 is 10.8 Å². The van der Waals surface area contributed by atoms with Crippen molar-refractivity contribution in [2.45, 2.75) is 50.3 Å². The third kappa shape index (κ3) is 3.97. The van der Waals surface area contributed by atoms with Gasteiger partial charge in [-0.05, 0) is 49.4 Å². The maximum atomic E-state index is 12.9. The van der Waals surface area contributed by atoms with Crippen LogP contribution < -0.4 is 10.2 Å². The number of carbonyl (C=O) groups is 1. The maximum absolute atomic E-state index is 12.9. The average molecular weight is 398 g/mol. The number of anilines is 2. The molecule has 3 atom stereocenters. The summed E-state index contributed by atoms with van der Waals surface area (Å²) in [6.45, 7) is 2.71. The van der Waals surface area contributed by atoms with Crippen LogP contribution in [-0.2, 0) is 17.2 Å². The predicted octanol–water partition coefficient (Wildman–Crippen LogP) is 3.78. The van der Waals surface area contributed by atoms with Crippen molar-refractivity contribution in [1.82, 2.24) is 4.98 Å². The van der Waals surface area contributed by atoms with E-state index in [1.165, 1.54) is 5.56 Å². The van der Waals surface area contributed by atoms with Crippen molar-refractivity contribution < 1.29 is 9.00 Å². The van der Waals surface area contributed by atoms with E-state index in [-0.39, 0.29) is 11.2 Å². The Bertz CT molecular complexity index is 868. The highest BCUT2D eigenvalue weighted by molar-refractivity contribution is 7.85. The Balaban J connectivity index is 1.40. The van der Waals surface area contributed by atoms with Gasteiger partial charge in [-0.2, -0.15) is 0 Å². The summed E-state index contributed by atoms with van der Waals surface area (Å²) in [5, 5.41) is 3.76. The number of carbonyl (C=O) groups excluding carboxylic acids is 1. The number of aromatic nitrogens is 1. The molecule has 1 aliphatic heterocycles.